The number of nitrogens with one attached hydrogen (secondary N) is 1. The van der Waals surface area contributed by atoms with E-state index in [1.54, 1.807) is 0 Å². The van der Waals surface area contributed by atoms with Crippen molar-refractivity contribution in [1.29, 1.82) is 0 Å². The molecule has 2 rings (SSSR count). The van der Waals surface area contributed by atoms with E-state index in [0.29, 0.717) is 6.04 Å². The Labute approximate surface area is 122 Å². The van der Waals surface area contributed by atoms with Gasteiger partial charge in [0.05, 0.1) is 11.8 Å². The summed E-state index contributed by atoms with van der Waals surface area (Å²) in [5.41, 5.74) is 0. The van der Waals surface area contributed by atoms with Crippen LogP contribution in [0.5, 0.6) is 0 Å². The molecular weight excluding hydrogens is 252 g/mol. The van der Waals surface area contributed by atoms with Crippen LogP contribution in [0.25, 0.3) is 0 Å². The topological polar surface area (TPSA) is 49.4 Å². The van der Waals surface area contributed by atoms with Crippen LogP contribution in [-0.4, -0.2) is 35.8 Å². The fraction of sp³-hybridized carbons (Fsp3) is 0.875. The van der Waals surface area contributed by atoms with E-state index >= 15 is 0 Å². The monoisotopic (exact) mass is 280 g/mol. The van der Waals surface area contributed by atoms with E-state index in [1.165, 1.54) is 12.8 Å². The van der Waals surface area contributed by atoms with Crippen LogP contribution in [0.3, 0.4) is 0 Å². The first-order valence-electron chi connectivity index (χ1n) is 8.26. The molecule has 1 N–H and O–H groups in total. The Balaban J connectivity index is 1.79. The summed E-state index contributed by atoms with van der Waals surface area (Å²) in [5.74, 6) is 0.206. The number of hydrogen-bond donors (Lipinski definition) is 1. The first-order chi connectivity index (χ1) is 9.67. The van der Waals surface area contributed by atoms with E-state index in [2.05, 4.69) is 19.2 Å². The van der Waals surface area contributed by atoms with Crippen LogP contribution in [0.4, 0.5) is 0 Å². The van der Waals surface area contributed by atoms with Crippen molar-refractivity contribution in [2.24, 2.45) is 11.8 Å². The van der Waals surface area contributed by atoms with Gasteiger partial charge in [-0.05, 0) is 32.1 Å². The molecule has 0 spiro atoms. The minimum Gasteiger partial charge on any atom is -0.353 e. The molecule has 0 aliphatic heterocycles. The lowest BCUT2D eigenvalue weighted by molar-refractivity contribution is -0.135. The first kappa shape index (κ1) is 15.3. The molecule has 0 aromatic carbocycles. The second-order valence-electron chi connectivity index (χ2n) is 6.26. The fourth-order valence-electron chi connectivity index (χ4n) is 3.24. The summed E-state index contributed by atoms with van der Waals surface area (Å²) in [5, 5.41) is 3.12. The van der Waals surface area contributed by atoms with Gasteiger partial charge in [-0.3, -0.25) is 9.59 Å². The van der Waals surface area contributed by atoms with Crippen molar-refractivity contribution >= 4 is 11.8 Å². The summed E-state index contributed by atoms with van der Waals surface area (Å²) in [4.78, 5) is 26.5. The zero-order chi connectivity index (χ0) is 14.5. The first-order valence-corrected chi connectivity index (χ1v) is 8.26. The van der Waals surface area contributed by atoms with Gasteiger partial charge in [0.15, 0.2) is 0 Å². The molecule has 0 heterocycles. The van der Waals surface area contributed by atoms with Gasteiger partial charge in [-0.15, -0.1) is 0 Å². The van der Waals surface area contributed by atoms with Gasteiger partial charge >= 0.3 is 0 Å². The van der Waals surface area contributed by atoms with Crippen LogP contribution in [0.1, 0.15) is 58.8 Å². The molecule has 2 aliphatic carbocycles. The van der Waals surface area contributed by atoms with Gasteiger partial charge in [-0.1, -0.05) is 26.7 Å². The zero-order valence-electron chi connectivity index (χ0n) is 12.9. The molecule has 20 heavy (non-hydrogen) atoms. The Bertz CT molecular complexity index is 344. The highest BCUT2D eigenvalue weighted by atomic mass is 16.2. The Morgan fingerprint density at radius 2 is 1.65 bits per heavy atom. The van der Waals surface area contributed by atoms with Gasteiger partial charge in [-0.2, -0.15) is 0 Å². The van der Waals surface area contributed by atoms with Crippen LogP contribution in [0, 0.1) is 11.8 Å². The lowest BCUT2D eigenvalue weighted by Crippen LogP contribution is -2.37. The maximum atomic E-state index is 12.4. The molecule has 0 aromatic rings. The number of carbonyl (C=O) groups excluding carboxylic acids is 2. The molecule has 2 amide bonds. The van der Waals surface area contributed by atoms with Crippen LogP contribution >= 0.6 is 0 Å². The lowest BCUT2D eigenvalue weighted by Gasteiger charge is -2.21. The summed E-state index contributed by atoms with van der Waals surface area (Å²) in [7, 11) is 0. The van der Waals surface area contributed by atoms with Crippen molar-refractivity contribution in [1.82, 2.24) is 10.2 Å². The third-order valence-corrected chi connectivity index (χ3v) is 4.44. The molecule has 2 fully saturated rings. The van der Waals surface area contributed by atoms with E-state index in [-0.39, 0.29) is 23.7 Å². The highest BCUT2D eigenvalue weighted by molar-refractivity contribution is 5.92. The van der Waals surface area contributed by atoms with Gasteiger partial charge in [-0.25, -0.2) is 0 Å². The SMILES string of the molecule is CCCN(CCC)C(=O)C1CC1C(=O)NC1CCCC1. The molecule has 0 bridgehead atoms. The third-order valence-electron chi connectivity index (χ3n) is 4.44. The summed E-state index contributed by atoms with van der Waals surface area (Å²) < 4.78 is 0. The molecule has 4 nitrogen and oxygen atoms in total. The maximum Gasteiger partial charge on any atom is 0.226 e. The average Bonchev–Trinajstić information content (AvgIpc) is 3.08. The highest BCUT2D eigenvalue weighted by Crippen LogP contribution is 2.40. The molecule has 2 saturated carbocycles. The van der Waals surface area contributed by atoms with Gasteiger partial charge in [0.25, 0.3) is 0 Å². The molecule has 2 unspecified atom stereocenters. The van der Waals surface area contributed by atoms with Gasteiger partial charge < -0.3 is 10.2 Å². The molecule has 4 heteroatoms. The van der Waals surface area contributed by atoms with Crippen LogP contribution in [0.2, 0.25) is 0 Å². The van der Waals surface area contributed by atoms with Crippen molar-refractivity contribution in [2.75, 3.05) is 13.1 Å². The van der Waals surface area contributed by atoms with E-state index in [9.17, 15) is 9.59 Å². The standard InChI is InChI=1S/C16H28N2O2/c1-3-9-18(10-4-2)16(20)14-11-13(14)15(19)17-12-7-5-6-8-12/h12-14H,3-11H2,1-2H3,(H,17,19). The van der Waals surface area contributed by atoms with Crippen LogP contribution < -0.4 is 5.32 Å². The minimum atomic E-state index is -0.0562. The number of hydrogen-bond acceptors (Lipinski definition) is 2. The quantitative estimate of drug-likeness (QED) is 0.778. The smallest absolute Gasteiger partial charge is 0.226 e. The second kappa shape index (κ2) is 7.09. The predicted molar refractivity (Wildman–Crippen MR) is 79.2 cm³/mol. The van der Waals surface area contributed by atoms with Crippen LogP contribution in [0.15, 0.2) is 0 Å². The van der Waals surface area contributed by atoms with Crippen LogP contribution in [-0.2, 0) is 9.59 Å². The summed E-state index contributed by atoms with van der Waals surface area (Å²) in [6, 6.07) is 0.362. The van der Waals surface area contributed by atoms with Crippen molar-refractivity contribution in [3.8, 4) is 0 Å². The summed E-state index contributed by atoms with van der Waals surface area (Å²) in [6.45, 7) is 5.82. The molecule has 0 saturated heterocycles. The Kier molecular flexibility index (Phi) is 5.44. The van der Waals surface area contributed by atoms with Crippen molar-refractivity contribution in [3.05, 3.63) is 0 Å². The van der Waals surface area contributed by atoms with Gasteiger partial charge in [0.1, 0.15) is 0 Å². The number of nitrogens with zero attached hydrogens (tertiary/aromatic N) is 1. The minimum absolute atomic E-state index is 0.0468. The number of rotatable bonds is 7. The third kappa shape index (κ3) is 3.74. The Morgan fingerprint density at radius 1 is 1.05 bits per heavy atom. The van der Waals surface area contributed by atoms with Gasteiger partial charge in [0, 0.05) is 19.1 Å². The van der Waals surface area contributed by atoms with E-state index in [0.717, 1.165) is 45.2 Å². The lowest BCUT2D eigenvalue weighted by atomic mass is 10.2. The van der Waals surface area contributed by atoms with E-state index < -0.39 is 0 Å². The molecule has 0 radical (unpaired) electrons. The number of amides is 2. The second-order valence-corrected chi connectivity index (χ2v) is 6.26. The van der Waals surface area contributed by atoms with Gasteiger partial charge in [0.2, 0.25) is 11.8 Å². The summed E-state index contributed by atoms with van der Waals surface area (Å²) >= 11 is 0. The zero-order valence-corrected chi connectivity index (χ0v) is 12.9. The largest absolute Gasteiger partial charge is 0.353 e. The Hall–Kier alpha value is -1.06. The van der Waals surface area contributed by atoms with Crippen molar-refractivity contribution < 1.29 is 9.59 Å². The average molecular weight is 280 g/mol. The molecule has 0 aromatic heterocycles. The Morgan fingerprint density at radius 3 is 2.20 bits per heavy atom. The normalized spacial score (nSPS) is 25.5. The predicted octanol–water partition coefficient (Wildman–Crippen LogP) is 2.33. The fourth-order valence-corrected chi connectivity index (χ4v) is 3.24. The highest BCUT2D eigenvalue weighted by Gasteiger charge is 2.49. The molecule has 114 valence electrons. The summed E-state index contributed by atoms with van der Waals surface area (Å²) in [6.07, 6.45) is 7.37. The van der Waals surface area contributed by atoms with E-state index in [1.807, 2.05) is 4.90 Å². The molecule has 2 atom stereocenters. The number of carbonyl (C=O) groups is 2. The van der Waals surface area contributed by atoms with Crippen molar-refractivity contribution in [2.45, 2.75) is 64.8 Å². The molecule has 2 aliphatic rings. The maximum absolute atomic E-state index is 12.4. The van der Waals surface area contributed by atoms with E-state index in [4.69, 9.17) is 0 Å². The van der Waals surface area contributed by atoms with Crippen molar-refractivity contribution in [3.63, 3.8) is 0 Å². The molecular formula is C16H28N2O2.